The second-order valence-electron chi connectivity index (χ2n) is 7.55. The van der Waals surface area contributed by atoms with E-state index in [0.29, 0.717) is 4.88 Å². The molecule has 154 valence electrons. The van der Waals surface area contributed by atoms with Crippen LogP contribution in [-0.4, -0.2) is 46.4 Å². The summed E-state index contributed by atoms with van der Waals surface area (Å²) in [6.45, 7) is 1.21. The molecule has 4 nitrogen and oxygen atoms in total. The zero-order chi connectivity index (χ0) is 20.5. The molecule has 1 aliphatic rings. The zero-order valence-electron chi connectivity index (χ0n) is 16.2. The Hall–Kier alpha value is -1.83. The van der Waals surface area contributed by atoms with E-state index in [2.05, 4.69) is 37.3 Å². The summed E-state index contributed by atoms with van der Waals surface area (Å²) in [6, 6.07) is 16.6. The average Bonchev–Trinajstić information content (AvgIpc) is 3.18. The van der Waals surface area contributed by atoms with Gasteiger partial charge >= 0.3 is 0 Å². The molecule has 0 amide bonds. The number of aryl methyl sites for hydroxylation is 1. The van der Waals surface area contributed by atoms with Crippen LogP contribution in [-0.2, 0) is 17.6 Å². The van der Waals surface area contributed by atoms with E-state index >= 15 is 0 Å². The fourth-order valence-corrected chi connectivity index (χ4v) is 5.10. The van der Waals surface area contributed by atoms with Crippen LogP contribution in [0.2, 0.25) is 0 Å². The second-order valence-corrected chi connectivity index (χ2v) is 8.64. The Kier molecular flexibility index (Phi) is 5.99. The molecule has 6 heteroatoms. The molecular formula is C23H25FO4S. The van der Waals surface area contributed by atoms with Crippen LogP contribution in [0, 0.1) is 0 Å². The Morgan fingerprint density at radius 2 is 1.69 bits per heavy atom. The van der Waals surface area contributed by atoms with E-state index in [9.17, 15) is 19.7 Å². The van der Waals surface area contributed by atoms with Gasteiger partial charge in [-0.25, -0.2) is 4.39 Å². The summed E-state index contributed by atoms with van der Waals surface area (Å²) in [7, 11) is 0. The van der Waals surface area contributed by atoms with Gasteiger partial charge in [-0.2, -0.15) is 0 Å². The minimum atomic E-state index is -1.45. The van der Waals surface area contributed by atoms with Gasteiger partial charge in [0.25, 0.3) is 0 Å². The van der Waals surface area contributed by atoms with E-state index in [4.69, 9.17) is 4.74 Å². The number of fused-ring (bicyclic) bond motifs is 1. The first-order valence-electron chi connectivity index (χ1n) is 9.86. The van der Waals surface area contributed by atoms with Gasteiger partial charge in [-0.3, -0.25) is 0 Å². The minimum Gasteiger partial charge on any atom is -0.387 e. The van der Waals surface area contributed by atoms with Crippen molar-refractivity contribution in [1.82, 2.24) is 0 Å². The van der Waals surface area contributed by atoms with Gasteiger partial charge in [0.15, 0.2) is 0 Å². The SMILES string of the molecule is CCc1ccc(Cc2cccc3cc([C@@H]4O[C@H](CF)[C@@H](O)[C@H](O)[C@H]4O)sc23)cc1. The molecule has 0 saturated carbocycles. The molecule has 0 spiro atoms. The largest absolute Gasteiger partial charge is 0.387 e. The highest BCUT2D eigenvalue weighted by Gasteiger charge is 2.44. The van der Waals surface area contributed by atoms with Crippen LogP contribution in [0.5, 0.6) is 0 Å². The van der Waals surface area contributed by atoms with E-state index in [1.807, 2.05) is 18.2 Å². The molecule has 5 atom stereocenters. The normalized spacial score (nSPS) is 27.4. The first kappa shape index (κ1) is 20.4. The van der Waals surface area contributed by atoms with E-state index in [-0.39, 0.29) is 0 Å². The third-order valence-electron chi connectivity index (χ3n) is 5.62. The number of hydrogen-bond acceptors (Lipinski definition) is 5. The fourth-order valence-electron chi connectivity index (χ4n) is 3.85. The standard InChI is InChI=1S/C23H25FO4S/c1-2-13-6-8-14(9-7-13)10-15-4-3-5-16-11-18(29-23(15)16)22-21(27)20(26)19(25)17(12-24)28-22/h3-9,11,17,19-22,25-27H,2,10,12H2,1H3/t17-,19-,20+,21-,22+/m1/s1. The zero-order valence-corrected chi connectivity index (χ0v) is 17.0. The Morgan fingerprint density at radius 1 is 0.966 bits per heavy atom. The van der Waals surface area contributed by atoms with Crippen molar-refractivity contribution in [3.05, 3.63) is 70.1 Å². The molecule has 1 aromatic heterocycles. The molecule has 0 bridgehead atoms. The van der Waals surface area contributed by atoms with Crippen molar-refractivity contribution in [3.8, 4) is 0 Å². The van der Waals surface area contributed by atoms with Gasteiger partial charge in [0.05, 0.1) is 0 Å². The molecule has 3 aromatic rings. The molecule has 0 aliphatic carbocycles. The summed E-state index contributed by atoms with van der Waals surface area (Å²) in [5.74, 6) is 0. The van der Waals surface area contributed by atoms with Gasteiger partial charge in [-0.1, -0.05) is 49.4 Å². The Balaban J connectivity index is 1.65. The predicted molar refractivity (Wildman–Crippen MR) is 112 cm³/mol. The van der Waals surface area contributed by atoms with Crippen LogP contribution in [0.1, 0.15) is 34.6 Å². The van der Waals surface area contributed by atoms with Crippen molar-refractivity contribution in [3.63, 3.8) is 0 Å². The lowest BCUT2D eigenvalue weighted by molar-refractivity contribution is -0.226. The molecule has 3 N–H and O–H groups in total. The van der Waals surface area contributed by atoms with E-state index < -0.39 is 37.2 Å². The smallest absolute Gasteiger partial charge is 0.121 e. The number of hydrogen-bond donors (Lipinski definition) is 3. The van der Waals surface area contributed by atoms with Crippen LogP contribution >= 0.6 is 11.3 Å². The minimum absolute atomic E-state index is 0.714. The topological polar surface area (TPSA) is 69.9 Å². The summed E-state index contributed by atoms with van der Waals surface area (Å²) in [5.41, 5.74) is 3.68. The molecule has 1 fully saturated rings. The van der Waals surface area contributed by atoms with Crippen LogP contribution in [0.15, 0.2) is 48.5 Å². The van der Waals surface area contributed by atoms with Crippen LogP contribution in [0.4, 0.5) is 4.39 Å². The molecule has 1 aliphatic heterocycles. The lowest BCUT2D eigenvalue weighted by Gasteiger charge is -2.39. The molecule has 2 heterocycles. The van der Waals surface area contributed by atoms with Gasteiger partial charge in [-0.05, 0) is 41.0 Å². The number of rotatable bonds is 5. The monoisotopic (exact) mass is 416 g/mol. The number of alkyl halides is 1. The van der Waals surface area contributed by atoms with Crippen molar-refractivity contribution in [2.24, 2.45) is 0 Å². The molecule has 1 saturated heterocycles. The molecule has 2 aromatic carbocycles. The second kappa shape index (κ2) is 8.50. The highest BCUT2D eigenvalue weighted by atomic mass is 32.1. The number of ether oxygens (including phenoxy) is 1. The summed E-state index contributed by atoms with van der Waals surface area (Å²) < 4.78 is 19.9. The third kappa shape index (κ3) is 3.96. The molecule has 0 unspecified atom stereocenters. The van der Waals surface area contributed by atoms with Gasteiger partial charge in [0.2, 0.25) is 0 Å². The van der Waals surface area contributed by atoms with E-state index in [1.165, 1.54) is 22.5 Å². The maximum absolute atomic E-state index is 13.2. The van der Waals surface area contributed by atoms with Crippen molar-refractivity contribution in [2.45, 2.75) is 50.3 Å². The summed E-state index contributed by atoms with van der Waals surface area (Å²) in [5, 5.41) is 31.4. The Bertz CT molecular complexity index is 969. The summed E-state index contributed by atoms with van der Waals surface area (Å²) >= 11 is 1.48. The van der Waals surface area contributed by atoms with Crippen molar-refractivity contribution >= 4 is 21.4 Å². The predicted octanol–water partition coefficient (Wildman–Crippen LogP) is 3.55. The van der Waals surface area contributed by atoms with Gasteiger partial charge in [0, 0.05) is 9.58 Å². The number of aliphatic hydroxyl groups excluding tert-OH is 3. The van der Waals surface area contributed by atoms with Crippen LogP contribution in [0.25, 0.3) is 10.1 Å². The first-order valence-corrected chi connectivity index (χ1v) is 10.7. The molecule has 4 rings (SSSR count). The number of aliphatic hydroxyl groups is 3. The number of thiophene rings is 1. The lowest BCUT2D eigenvalue weighted by Crippen LogP contribution is -2.54. The summed E-state index contributed by atoms with van der Waals surface area (Å²) in [4.78, 5) is 0.714. The Morgan fingerprint density at radius 3 is 2.38 bits per heavy atom. The van der Waals surface area contributed by atoms with Crippen LogP contribution in [0.3, 0.4) is 0 Å². The third-order valence-corrected chi connectivity index (χ3v) is 6.90. The number of benzene rings is 2. The van der Waals surface area contributed by atoms with Gasteiger partial charge in [-0.15, -0.1) is 11.3 Å². The quantitative estimate of drug-likeness (QED) is 0.595. The molecular weight excluding hydrogens is 391 g/mol. The number of halogens is 1. The van der Waals surface area contributed by atoms with Crippen molar-refractivity contribution < 1.29 is 24.4 Å². The van der Waals surface area contributed by atoms with Crippen molar-refractivity contribution in [2.75, 3.05) is 6.67 Å². The fraction of sp³-hybridized carbons (Fsp3) is 0.391. The maximum atomic E-state index is 13.2. The maximum Gasteiger partial charge on any atom is 0.121 e. The highest BCUT2D eigenvalue weighted by Crippen LogP contribution is 2.40. The molecule has 0 radical (unpaired) electrons. The first-order chi connectivity index (χ1) is 14.0. The van der Waals surface area contributed by atoms with Crippen LogP contribution < -0.4 is 0 Å². The Labute approximate surface area is 173 Å². The van der Waals surface area contributed by atoms with Gasteiger partial charge < -0.3 is 20.1 Å². The summed E-state index contributed by atoms with van der Waals surface area (Å²) in [6.07, 6.45) is -4.44. The van der Waals surface area contributed by atoms with Gasteiger partial charge in [0.1, 0.15) is 37.2 Å². The van der Waals surface area contributed by atoms with E-state index in [1.54, 1.807) is 0 Å². The highest BCUT2D eigenvalue weighted by molar-refractivity contribution is 7.19. The van der Waals surface area contributed by atoms with E-state index in [0.717, 1.165) is 28.5 Å². The molecule has 29 heavy (non-hydrogen) atoms. The average molecular weight is 417 g/mol. The lowest BCUT2D eigenvalue weighted by atomic mass is 9.94. The van der Waals surface area contributed by atoms with Crippen molar-refractivity contribution in [1.29, 1.82) is 0 Å².